The number of rotatable bonds is 5. The Hall–Kier alpha value is -2.39. The molecule has 0 aliphatic rings. The largest absolute Gasteiger partial charge is 0.495 e. The molecule has 0 radical (unpaired) electrons. The fraction of sp³-hybridized carbons (Fsp3) is 0.143. The van der Waals surface area contributed by atoms with Gasteiger partial charge < -0.3 is 9.26 Å². The van der Waals surface area contributed by atoms with Crippen molar-refractivity contribution in [2.75, 3.05) is 11.8 Å². The maximum atomic E-state index is 12.5. The zero-order chi connectivity index (χ0) is 16.4. The van der Waals surface area contributed by atoms with Gasteiger partial charge in [0.2, 0.25) is 11.7 Å². The van der Waals surface area contributed by atoms with E-state index in [9.17, 15) is 8.42 Å². The molecule has 3 aromatic rings. The SMILES string of the molecule is COc1ccccc1NS(=O)(=O)c1cc(-c2noc(C)n2)cs1. The summed E-state index contributed by atoms with van der Waals surface area (Å²) in [5.74, 6) is 1.22. The molecule has 2 heterocycles. The van der Waals surface area contributed by atoms with E-state index in [1.165, 1.54) is 13.2 Å². The van der Waals surface area contributed by atoms with E-state index in [1.807, 2.05) is 0 Å². The molecule has 0 amide bonds. The summed E-state index contributed by atoms with van der Waals surface area (Å²) < 4.78 is 37.7. The second-order valence-corrected chi connectivity index (χ2v) is 7.42. The summed E-state index contributed by atoms with van der Waals surface area (Å²) in [6, 6.07) is 8.31. The van der Waals surface area contributed by atoms with Crippen LogP contribution < -0.4 is 9.46 Å². The molecule has 2 aromatic heterocycles. The van der Waals surface area contributed by atoms with Crippen molar-refractivity contribution in [3.63, 3.8) is 0 Å². The molecule has 9 heteroatoms. The highest BCUT2D eigenvalue weighted by molar-refractivity contribution is 7.94. The van der Waals surface area contributed by atoms with Gasteiger partial charge in [-0.1, -0.05) is 17.3 Å². The summed E-state index contributed by atoms with van der Waals surface area (Å²) in [6.07, 6.45) is 0. The molecule has 1 N–H and O–H groups in total. The predicted molar refractivity (Wildman–Crippen MR) is 86.2 cm³/mol. The lowest BCUT2D eigenvalue weighted by Crippen LogP contribution is -2.12. The number of thiophene rings is 1. The summed E-state index contributed by atoms with van der Waals surface area (Å²) in [5, 5.41) is 5.45. The first kappa shape index (κ1) is 15.5. The molecule has 0 spiro atoms. The Morgan fingerprint density at radius 3 is 2.78 bits per heavy atom. The Kier molecular flexibility index (Phi) is 4.05. The maximum absolute atomic E-state index is 12.5. The number of aromatic nitrogens is 2. The minimum absolute atomic E-state index is 0.154. The van der Waals surface area contributed by atoms with Crippen molar-refractivity contribution in [3.8, 4) is 17.1 Å². The van der Waals surface area contributed by atoms with Crippen molar-refractivity contribution in [3.05, 3.63) is 41.6 Å². The molecule has 23 heavy (non-hydrogen) atoms. The maximum Gasteiger partial charge on any atom is 0.271 e. The molecule has 0 bridgehead atoms. The molecule has 0 aliphatic heterocycles. The first-order chi connectivity index (χ1) is 11.0. The van der Waals surface area contributed by atoms with Gasteiger partial charge >= 0.3 is 0 Å². The summed E-state index contributed by atoms with van der Waals surface area (Å²) >= 11 is 1.08. The highest BCUT2D eigenvalue weighted by Gasteiger charge is 2.20. The van der Waals surface area contributed by atoms with Crippen LogP contribution in [0.15, 0.2) is 44.4 Å². The highest BCUT2D eigenvalue weighted by Crippen LogP contribution is 2.30. The van der Waals surface area contributed by atoms with E-state index in [4.69, 9.17) is 9.26 Å². The summed E-state index contributed by atoms with van der Waals surface area (Å²) in [5.41, 5.74) is 0.965. The van der Waals surface area contributed by atoms with Gasteiger partial charge in [-0.25, -0.2) is 8.42 Å². The lowest BCUT2D eigenvalue weighted by atomic mass is 10.3. The lowest BCUT2D eigenvalue weighted by Gasteiger charge is -2.10. The quantitative estimate of drug-likeness (QED) is 0.759. The number of nitrogens with one attached hydrogen (secondary N) is 1. The molecular formula is C14H13N3O4S2. The first-order valence-corrected chi connectivity index (χ1v) is 8.91. The number of hydrogen-bond donors (Lipinski definition) is 1. The molecule has 3 rings (SSSR count). The number of sulfonamides is 1. The lowest BCUT2D eigenvalue weighted by molar-refractivity contribution is 0.394. The second kappa shape index (κ2) is 6.01. The van der Waals surface area contributed by atoms with Crippen LogP contribution in [0.1, 0.15) is 5.89 Å². The van der Waals surface area contributed by atoms with E-state index in [2.05, 4.69) is 14.9 Å². The van der Waals surface area contributed by atoms with Crippen LogP contribution in [0.2, 0.25) is 0 Å². The average Bonchev–Trinajstić information content (AvgIpc) is 3.16. The minimum Gasteiger partial charge on any atom is -0.495 e. The predicted octanol–water partition coefficient (Wildman–Crippen LogP) is 2.92. The molecule has 0 saturated heterocycles. The zero-order valence-electron chi connectivity index (χ0n) is 12.3. The van der Waals surface area contributed by atoms with Gasteiger partial charge in [-0.3, -0.25) is 4.72 Å². The van der Waals surface area contributed by atoms with E-state index in [1.54, 1.807) is 36.6 Å². The van der Waals surface area contributed by atoms with Crippen molar-refractivity contribution < 1.29 is 17.7 Å². The molecular weight excluding hydrogens is 338 g/mol. The van der Waals surface area contributed by atoms with Gasteiger partial charge in [-0.15, -0.1) is 11.3 Å². The monoisotopic (exact) mass is 351 g/mol. The molecule has 0 fully saturated rings. The van der Waals surface area contributed by atoms with Gasteiger partial charge in [0.1, 0.15) is 9.96 Å². The summed E-state index contributed by atoms with van der Waals surface area (Å²) in [4.78, 5) is 4.08. The van der Waals surface area contributed by atoms with Crippen molar-refractivity contribution >= 4 is 27.0 Å². The minimum atomic E-state index is -3.72. The third-order valence-electron chi connectivity index (χ3n) is 2.98. The molecule has 0 aliphatic carbocycles. The standard InChI is InChI=1S/C14H13N3O4S2/c1-9-15-14(16-21-9)10-7-13(22-8-10)23(18,19)17-11-5-3-4-6-12(11)20-2/h3-8,17H,1-2H3. The Bertz CT molecular complexity index is 931. The molecule has 7 nitrogen and oxygen atoms in total. The van der Waals surface area contributed by atoms with Gasteiger partial charge in [-0.05, 0) is 18.2 Å². The van der Waals surface area contributed by atoms with Crippen LogP contribution in [0.3, 0.4) is 0 Å². The molecule has 0 unspecified atom stereocenters. The Morgan fingerprint density at radius 2 is 2.09 bits per heavy atom. The normalized spacial score (nSPS) is 11.4. The Balaban J connectivity index is 1.90. The van der Waals surface area contributed by atoms with E-state index in [0.29, 0.717) is 28.7 Å². The number of benzene rings is 1. The number of aryl methyl sites for hydroxylation is 1. The van der Waals surface area contributed by atoms with E-state index in [0.717, 1.165) is 11.3 Å². The van der Waals surface area contributed by atoms with Gasteiger partial charge in [0, 0.05) is 17.9 Å². The van der Waals surface area contributed by atoms with Crippen LogP contribution in [0.25, 0.3) is 11.4 Å². The van der Waals surface area contributed by atoms with Crippen LogP contribution >= 0.6 is 11.3 Å². The van der Waals surface area contributed by atoms with Crippen molar-refractivity contribution in [2.45, 2.75) is 11.1 Å². The number of hydrogen-bond acceptors (Lipinski definition) is 7. The summed E-state index contributed by atoms with van der Waals surface area (Å²) in [6.45, 7) is 1.67. The van der Waals surface area contributed by atoms with Crippen LogP contribution in [-0.2, 0) is 10.0 Å². The fourth-order valence-electron chi connectivity index (χ4n) is 1.92. The van der Waals surface area contributed by atoms with Crippen molar-refractivity contribution in [1.82, 2.24) is 10.1 Å². The third kappa shape index (κ3) is 3.20. The number of nitrogens with zero attached hydrogens (tertiary/aromatic N) is 2. The number of para-hydroxylation sites is 2. The topological polar surface area (TPSA) is 94.3 Å². The van der Waals surface area contributed by atoms with Crippen LogP contribution in [0.4, 0.5) is 5.69 Å². The Morgan fingerprint density at radius 1 is 1.30 bits per heavy atom. The molecule has 1 aromatic carbocycles. The van der Waals surface area contributed by atoms with Crippen molar-refractivity contribution in [1.29, 1.82) is 0 Å². The zero-order valence-corrected chi connectivity index (χ0v) is 13.9. The van der Waals surface area contributed by atoms with Gasteiger partial charge in [0.05, 0.1) is 12.8 Å². The van der Waals surface area contributed by atoms with Crippen LogP contribution in [0.5, 0.6) is 5.75 Å². The van der Waals surface area contributed by atoms with Gasteiger partial charge in [-0.2, -0.15) is 4.98 Å². The first-order valence-electron chi connectivity index (χ1n) is 6.54. The summed E-state index contributed by atoms with van der Waals surface area (Å²) in [7, 11) is -2.24. The van der Waals surface area contributed by atoms with Crippen LogP contribution in [-0.4, -0.2) is 25.7 Å². The Labute approximate surface area is 137 Å². The van der Waals surface area contributed by atoms with Crippen molar-refractivity contribution in [2.24, 2.45) is 0 Å². The van der Waals surface area contributed by atoms with E-state index < -0.39 is 10.0 Å². The highest BCUT2D eigenvalue weighted by atomic mass is 32.2. The number of ether oxygens (including phenoxy) is 1. The fourth-order valence-corrected chi connectivity index (χ4v) is 4.14. The molecule has 0 saturated carbocycles. The smallest absolute Gasteiger partial charge is 0.271 e. The van der Waals surface area contributed by atoms with E-state index >= 15 is 0 Å². The number of methoxy groups -OCH3 is 1. The third-order valence-corrected chi connectivity index (χ3v) is 5.78. The average molecular weight is 351 g/mol. The molecule has 120 valence electrons. The van der Waals surface area contributed by atoms with Gasteiger partial charge in [0.15, 0.2) is 0 Å². The van der Waals surface area contributed by atoms with Crippen LogP contribution in [0, 0.1) is 6.92 Å². The number of anilines is 1. The van der Waals surface area contributed by atoms with Gasteiger partial charge in [0.25, 0.3) is 10.0 Å². The second-order valence-electron chi connectivity index (χ2n) is 4.60. The van der Waals surface area contributed by atoms with E-state index in [-0.39, 0.29) is 4.21 Å². The molecule has 0 atom stereocenters.